The highest BCUT2D eigenvalue weighted by atomic mass is 16.4. The predicted molar refractivity (Wildman–Crippen MR) is 132 cm³/mol. The molecule has 8 heteroatoms. The van der Waals surface area contributed by atoms with Crippen molar-refractivity contribution in [3.8, 4) is 11.5 Å². The second kappa shape index (κ2) is 10.1. The summed E-state index contributed by atoms with van der Waals surface area (Å²) in [5, 5.41) is 5.66. The number of rotatable bonds is 5. The average Bonchev–Trinajstić information content (AvgIpc) is 3.21. The number of hydrogen-bond acceptors (Lipinski definition) is 5. The van der Waals surface area contributed by atoms with E-state index in [1.54, 1.807) is 19.2 Å². The zero-order valence-electron chi connectivity index (χ0n) is 20.1. The second-order valence-corrected chi connectivity index (χ2v) is 8.69. The molecule has 0 radical (unpaired) electrons. The summed E-state index contributed by atoms with van der Waals surface area (Å²) in [7, 11) is 1.61. The lowest BCUT2D eigenvalue weighted by molar-refractivity contribution is 0.0963. The van der Waals surface area contributed by atoms with Gasteiger partial charge in [0.25, 0.3) is 5.91 Å². The molecule has 1 saturated heterocycles. The summed E-state index contributed by atoms with van der Waals surface area (Å²) < 4.78 is 5.90. The van der Waals surface area contributed by atoms with Crippen LogP contribution in [0.25, 0.3) is 11.5 Å². The molecule has 0 aliphatic carbocycles. The van der Waals surface area contributed by atoms with Crippen LogP contribution in [-0.4, -0.2) is 59.9 Å². The molecule has 0 unspecified atom stereocenters. The van der Waals surface area contributed by atoms with Gasteiger partial charge >= 0.3 is 6.03 Å². The number of carbonyl (C=O) groups excluding carboxylic acids is 2. The summed E-state index contributed by atoms with van der Waals surface area (Å²) >= 11 is 0. The Hall–Kier alpha value is -3.65. The van der Waals surface area contributed by atoms with Crippen molar-refractivity contribution >= 4 is 17.6 Å². The van der Waals surface area contributed by atoms with Crippen molar-refractivity contribution in [2.75, 3.05) is 38.5 Å². The highest BCUT2D eigenvalue weighted by Gasteiger charge is 2.23. The van der Waals surface area contributed by atoms with Gasteiger partial charge in [-0.05, 0) is 62.2 Å². The number of anilines is 1. The number of amides is 3. The Balaban J connectivity index is 1.33. The molecule has 0 atom stereocenters. The van der Waals surface area contributed by atoms with Crippen molar-refractivity contribution in [2.45, 2.75) is 27.3 Å². The van der Waals surface area contributed by atoms with Crippen LogP contribution in [0.5, 0.6) is 0 Å². The molecule has 8 nitrogen and oxygen atoms in total. The molecule has 1 fully saturated rings. The fraction of sp³-hybridized carbons (Fsp3) is 0.346. The maximum absolute atomic E-state index is 12.7. The number of nitrogens with zero attached hydrogens (tertiary/aromatic N) is 3. The predicted octanol–water partition coefficient (Wildman–Crippen LogP) is 3.98. The van der Waals surface area contributed by atoms with Crippen LogP contribution in [-0.2, 0) is 6.54 Å². The molecule has 178 valence electrons. The third-order valence-electron chi connectivity index (χ3n) is 6.18. The van der Waals surface area contributed by atoms with E-state index >= 15 is 0 Å². The minimum atomic E-state index is -0.127. The van der Waals surface area contributed by atoms with Crippen molar-refractivity contribution in [3.63, 3.8) is 0 Å². The monoisotopic (exact) mass is 461 g/mol. The molecule has 34 heavy (non-hydrogen) atoms. The number of aryl methyl sites for hydroxylation is 3. The van der Waals surface area contributed by atoms with Gasteiger partial charge in [0.1, 0.15) is 5.76 Å². The summed E-state index contributed by atoms with van der Waals surface area (Å²) in [4.78, 5) is 33.3. The normalized spacial score (nSPS) is 14.2. The highest BCUT2D eigenvalue weighted by molar-refractivity contribution is 5.94. The fourth-order valence-corrected chi connectivity index (χ4v) is 3.99. The number of benzene rings is 2. The van der Waals surface area contributed by atoms with E-state index in [2.05, 4.69) is 15.5 Å². The first-order chi connectivity index (χ1) is 16.3. The van der Waals surface area contributed by atoms with Gasteiger partial charge in [-0.1, -0.05) is 12.1 Å². The van der Waals surface area contributed by atoms with E-state index in [4.69, 9.17) is 9.40 Å². The van der Waals surface area contributed by atoms with E-state index in [9.17, 15) is 9.59 Å². The van der Waals surface area contributed by atoms with Gasteiger partial charge in [-0.3, -0.25) is 9.69 Å². The molecule has 2 aromatic carbocycles. The molecule has 2 heterocycles. The minimum absolute atomic E-state index is 0.0616. The van der Waals surface area contributed by atoms with Gasteiger partial charge in [-0.2, -0.15) is 0 Å². The third-order valence-corrected chi connectivity index (χ3v) is 6.18. The lowest BCUT2D eigenvalue weighted by Gasteiger charge is -2.34. The van der Waals surface area contributed by atoms with E-state index in [1.807, 2.05) is 56.0 Å². The van der Waals surface area contributed by atoms with E-state index < -0.39 is 0 Å². The van der Waals surface area contributed by atoms with Crippen LogP contribution in [0.4, 0.5) is 10.5 Å². The zero-order valence-corrected chi connectivity index (χ0v) is 20.1. The van der Waals surface area contributed by atoms with Gasteiger partial charge in [-0.25, -0.2) is 9.78 Å². The molecular weight excluding hydrogens is 430 g/mol. The topological polar surface area (TPSA) is 90.7 Å². The molecule has 3 amide bonds. The Morgan fingerprint density at radius 3 is 2.38 bits per heavy atom. The first-order valence-corrected chi connectivity index (χ1v) is 11.5. The maximum Gasteiger partial charge on any atom is 0.321 e. The molecule has 1 aliphatic heterocycles. The Labute approximate surface area is 200 Å². The minimum Gasteiger partial charge on any atom is -0.441 e. The summed E-state index contributed by atoms with van der Waals surface area (Å²) in [6, 6.07) is 13.2. The van der Waals surface area contributed by atoms with E-state index in [1.165, 1.54) is 0 Å². The van der Waals surface area contributed by atoms with Crippen LogP contribution >= 0.6 is 0 Å². The first kappa shape index (κ1) is 23.5. The van der Waals surface area contributed by atoms with Gasteiger partial charge in [0, 0.05) is 56.6 Å². The van der Waals surface area contributed by atoms with Crippen molar-refractivity contribution in [2.24, 2.45) is 0 Å². The van der Waals surface area contributed by atoms with Crippen LogP contribution in [0.3, 0.4) is 0 Å². The number of nitrogens with one attached hydrogen (secondary N) is 2. The molecule has 2 N–H and O–H groups in total. The van der Waals surface area contributed by atoms with Gasteiger partial charge in [0.2, 0.25) is 5.89 Å². The quantitative estimate of drug-likeness (QED) is 0.600. The largest absolute Gasteiger partial charge is 0.441 e. The lowest BCUT2D eigenvalue weighted by Crippen LogP contribution is -2.49. The van der Waals surface area contributed by atoms with Crippen LogP contribution in [0.2, 0.25) is 0 Å². The van der Waals surface area contributed by atoms with Gasteiger partial charge < -0.3 is 20.0 Å². The van der Waals surface area contributed by atoms with E-state index in [0.717, 1.165) is 46.9 Å². The SMILES string of the molecule is CNC(=O)c1ccc(-c2nc(CN3CCN(C(=O)Nc4cc(C)ccc4C)CC3)c(C)o2)cc1. The van der Waals surface area contributed by atoms with E-state index in [0.29, 0.717) is 31.1 Å². The molecule has 1 aromatic heterocycles. The second-order valence-electron chi connectivity index (χ2n) is 8.69. The summed E-state index contributed by atoms with van der Waals surface area (Å²) in [6.45, 7) is 9.44. The Morgan fingerprint density at radius 1 is 1.00 bits per heavy atom. The third kappa shape index (κ3) is 5.28. The van der Waals surface area contributed by atoms with Crippen LogP contribution < -0.4 is 10.6 Å². The molecule has 1 aliphatic rings. The number of hydrogen-bond donors (Lipinski definition) is 2. The van der Waals surface area contributed by atoms with Crippen LogP contribution in [0, 0.1) is 20.8 Å². The fourth-order valence-electron chi connectivity index (χ4n) is 3.99. The van der Waals surface area contributed by atoms with Crippen LogP contribution in [0.1, 0.15) is 32.9 Å². The molecule has 0 spiro atoms. The van der Waals surface area contributed by atoms with E-state index in [-0.39, 0.29) is 11.9 Å². The smallest absolute Gasteiger partial charge is 0.321 e. The molecule has 4 rings (SSSR count). The Morgan fingerprint density at radius 2 is 1.71 bits per heavy atom. The highest BCUT2D eigenvalue weighted by Crippen LogP contribution is 2.24. The van der Waals surface area contributed by atoms with Gasteiger partial charge in [-0.15, -0.1) is 0 Å². The van der Waals surface area contributed by atoms with Crippen LogP contribution in [0.15, 0.2) is 46.9 Å². The van der Waals surface area contributed by atoms with Crippen molar-refractivity contribution in [1.29, 1.82) is 0 Å². The molecule has 3 aromatic rings. The standard InChI is InChI=1S/C26H31N5O3/c1-17-5-6-18(2)22(15-17)29-26(33)31-13-11-30(12-14-31)16-23-19(3)34-25(28-23)21-9-7-20(8-10-21)24(32)27-4/h5-10,15H,11-14,16H2,1-4H3,(H,27,32)(H,29,33). The molecule has 0 bridgehead atoms. The maximum atomic E-state index is 12.7. The van der Waals surface area contributed by atoms with Crippen molar-refractivity contribution in [3.05, 3.63) is 70.6 Å². The zero-order chi connectivity index (χ0) is 24.2. The number of urea groups is 1. The van der Waals surface area contributed by atoms with Gasteiger partial charge in [0.15, 0.2) is 0 Å². The summed E-state index contributed by atoms with van der Waals surface area (Å²) in [5.41, 5.74) is 5.35. The number of aromatic nitrogens is 1. The molecular formula is C26H31N5O3. The summed E-state index contributed by atoms with van der Waals surface area (Å²) in [6.07, 6.45) is 0. The van der Waals surface area contributed by atoms with Crippen molar-refractivity contribution < 1.29 is 14.0 Å². The van der Waals surface area contributed by atoms with Gasteiger partial charge in [0.05, 0.1) is 5.69 Å². The molecule has 0 saturated carbocycles. The van der Waals surface area contributed by atoms with Crippen molar-refractivity contribution in [1.82, 2.24) is 20.1 Å². The lowest BCUT2D eigenvalue weighted by atomic mass is 10.1. The number of oxazole rings is 1. The Bertz CT molecular complexity index is 1180. The first-order valence-electron chi connectivity index (χ1n) is 11.5. The Kier molecular flexibility index (Phi) is 6.98. The summed E-state index contributed by atoms with van der Waals surface area (Å²) in [5.74, 6) is 1.20. The number of carbonyl (C=O) groups is 2. The number of piperazine rings is 1. The average molecular weight is 462 g/mol.